The predicted octanol–water partition coefficient (Wildman–Crippen LogP) is 3.46. The average Bonchev–Trinajstić information content (AvgIpc) is 2.77. The number of aromatic carboxylic acids is 2. The van der Waals surface area contributed by atoms with Crippen LogP contribution in [0.25, 0.3) is 11.1 Å². The third kappa shape index (κ3) is 2.37. The molecule has 0 amide bonds. The quantitative estimate of drug-likeness (QED) is 0.904. The van der Waals surface area contributed by atoms with Crippen molar-refractivity contribution in [2.24, 2.45) is 0 Å². The van der Waals surface area contributed by atoms with Gasteiger partial charge in [-0.25, -0.2) is 9.59 Å². The second-order valence-electron chi connectivity index (χ2n) is 3.50. The highest BCUT2D eigenvalue weighted by molar-refractivity contribution is 7.12. The largest absolute Gasteiger partial charge is 0.478 e. The van der Waals surface area contributed by atoms with Gasteiger partial charge in [-0.05, 0) is 40.8 Å². The van der Waals surface area contributed by atoms with E-state index in [-0.39, 0.29) is 10.4 Å². The van der Waals surface area contributed by atoms with E-state index in [1.807, 2.05) is 0 Å². The molecule has 92 valence electrons. The van der Waals surface area contributed by atoms with Crippen molar-refractivity contribution in [3.8, 4) is 11.1 Å². The number of benzene rings is 1. The van der Waals surface area contributed by atoms with E-state index in [2.05, 4.69) is 0 Å². The summed E-state index contributed by atoms with van der Waals surface area (Å²) in [5, 5.41) is 19.9. The first kappa shape index (κ1) is 12.6. The van der Waals surface area contributed by atoms with Crippen LogP contribution in [-0.2, 0) is 0 Å². The lowest BCUT2D eigenvalue weighted by Gasteiger charge is -2.04. The van der Waals surface area contributed by atoms with Gasteiger partial charge in [0.1, 0.15) is 4.88 Å². The number of carboxylic acid groups (broad SMARTS) is 2. The maximum atomic E-state index is 11.1. The highest BCUT2D eigenvalue weighted by Gasteiger charge is 2.15. The molecule has 0 saturated carbocycles. The number of hydrogen-bond donors (Lipinski definition) is 2. The summed E-state index contributed by atoms with van der Waals surface area (Å²) < 4.78 is 0. The highest BCUT2D eigenvalue weighted by Crippen LogP contribution is 2.30. The maximum Gasteiger partial charge on any atom is 0.345 e. The zero-order valence-electron chi connectivity index (χ0n) is 8.88. The van der Waals surface area contributed by atoms with Gasteiger partial charge in [0.05, 0.1) is 5.56 Å². The van der Waals surface area contributed by atoms with E-state index >= 15 is 0 Å². The number of hydrogen-bond acceptors (Lipinski definition) is 3. The normalized spacial score (nSPS) is 10.3. The molecule has 0 radical (unpaired) electrons. The second-order valence-corrected chi connectivity index (χ2v) is 4.85. The van der Waals surface area contributed by atoms with E-state index in [4.69, 9.17) is 21.8 Å². The minimum Gasteiger partial charge on any atom is -0.478 e. The van der Waals surface area contributed by atoms with Crippen LogP contribution in [-0.4, -0.2) is 22.2 Å². The summed E-state index contributed by atoms with van der Waals surface area (Å²) in [6.45, 7) is 0. The van der Waals surface area contributed by atoms with Gasteiger partial charge in [-0.15, -0.1) is 11.3 Å². The van der Waals surface area contributed by atoms with Gasteiger partial charge in [-0.2, -0.15) is 0 Å². The van der Waals surface area contributed by atoms with E-state index in [0.29, 0.717) is 16.1 Å². The molecule has 0 aliphatic rings. The van der Waals surface area contributed by atoms with Gasteiger partial charge in [0.15, 0.2) is 0 Å². The number of thiophene rings is 1. The molecule has 0 fully saturated rings. The Hall–Kier alpha value is -1.85. The summed E-state index contributed by atoms with van der Waals surface area (Å²) in [5.41, 5.74) is 1.05. The molecular formula is C12H7ClO4S. The van der Waals surface area contributed by atoms with Crippen molar-refractivity contribution in [2.75, 3.05) is 0 Å². The molecule has 18 heavy (non-hydrogen) atoms. The molecule has 1 aromatic carbocycles. The molecule has 0 unspecified atom stereocenters. The standard InChI is InChI=1S/C12H7ClO4S/c13-7-1-2-8(11(14)15)9(4-7)6-3-10(12(16)17)18-5-6/h1-5H,(H,14,15)(H,16,17). The number of halogens is 1. The molecule has 1 aromatic heterocycles. The van der Waals surface area contributed by atoms with Gasteiger partial charge >= 0.3 is 11.9 Å². The van der Waals surface area contributed by atoms with Crippen LogP contribution in [0.5, 0.6) is 0 Å². The van der Waals surface area contributed by atoms with Crippen LogP contribution < -0.4 is 0 Å². The van der Waals surface area contributed by atoms with Gasteiger partial charge < -0.3 is 10.2 Å². The van der Waals surface area contributed by atoms with Crippen molar-refractivity contribution in [3.63, 3.8) is 0 Å². The summed E-state index contributed by atoms with van der Waals surface area (Å²) in [6, 6.07) is 5.83. The molecule has 6 heteroatoms. The van der Waals surface area contributed by atoms with Gasteiger partial charge in [0, 0.05) is 5.02 Å². The average molecular weight is 283 g/mol. The van der Waals surface area contributed by atoms with Gasteiger partial charge in [-0.3, -0.25) is 0 Å². The molecule has 0 bridgehead atoms. The number of carbonyl (C=O) groups is 2. The SMILES string of the molecule is O=C(O)c1cc(-c2cc(Cl)ccc2C(=O)O)cs1. The lowest BCUT2D eigenvalue weighted by atomic mass is 10.0. The number of carboxylic acids is 2. The van der Waals surface area contributed by atoms with Gasteiger partial charge in [-0.1, -0.05) is 11.6 Å². The topological polar surface area (TPSA) is 74.6 Å². The first-order valence-corrected chi connectivity index (χ1v) is 6.10. The van der Waals surface area contributed by atoms with Crippen LogP contribution in [0, 0.1) is 0 Å². The lowest BCUT2D eigenvalue weighted by molar-refractivity contribution is 0.0689. The first-order valence-electron chi connectivity index (χ1n) is 4.84. The van der Waals surface area contributed by atoms with E-state index in [0.717, 1.165) is 11.3 Å². The molecule has 0 saturated heterocycles. The smallest absolute Gasteiger partial charge is 0.345 e. The molecule has 0 atom stereocenters. The van der Waals surface area contributed by atoms with Crippen molar-refractivity contribution in [1.29, 1.82) is 0 Å². The zero-order valence-corrected chi connectivity index (χ0v) is 10.5. The fraction of sp³-hybridized carbons (Fsp3) is 0. The minimum absolute atomic E-state index is 0.0918. The van der Waals surface area contributed by atoms with Crippen molar-refractivity contribution >= 4 is 34.9 Å². The Bertz CT molecular complexity index is 633. The summed E-state index contributed by atoms with van der Waals surface area (Å²) >= 11 is 6.88. The Morgan fingerprint density at radius 2 is 1.83 bits per heavy atom. The van der Waals surface area contributed by atoms with E-state index in [1.165, 1.54) is 24.3 Å². The third-order valence-electron chi connectivity index (χ3n) is 2.33. The van der Waals surface area contributed by atoms with Crippen LogP contribution in [0.15, 0.2) is 29.6 Å². The Morgan fingerprint density at radius 3 is 2.39 bits per heavy atom. The monoisotopic (exact) mass is 282 g/mol. The molecule has 0 aliphatic carbocycles. The van der Waals surface area contributed by atoms with Crippen LogP contribution in [0.2, 0.25) is 5.02 Å². The summed E-state index contributed by atoms with van der Waals surface area (Å²) in [6.07, 6.45) is 0. The Balaban J connectivity index is 2.57. The third-order valence-corrected chi connectivity index (χ3v) is 3.49. The molecule has 1 heterocycles. The Labute approximate surface area is 111 Å². The molecule has 2 N–H and O–H groups in total. The number of rotatable bonds is 3. The molecular weight excluding hydrogens is 276 g/mol. The molecule has 0 aliphatic heterocycles. The fourth-order valence-corrected chi connectivity index (χ4v) is 2.45. The Morgan fingerprint density at radius 1 is 1.11 bits per heavy atom. The summed E-state index contributed by atoms with van der Waals surface area (Å²) in [5.74, 6) is -2.12. The zero-order chi connectivity index (χ0) is 13.3. The molecule has 2 rings (SSSR count). The summed E-state index contributed by atoms with van der Waals surface area (Å²) in [4.78, 5) is 22.0. The van der Waals surface area contributed by atoms with E-state index in [1.54, 1.807) is 5.38 Å². The molecule has 2 aromatic rings. The van der Waals surface area contributed by atoms with Crippen molar-refractivity contribution < 1.29 is 19.8 Å². The van der Waals surface area contributed by atoms with Crippen LogP contribution in [0.4, 0.5) is 0 Å². The van der Waals surface area contributed by atoms with Crippen LogP contribution in [0.3, 0.4) is 0 Å². The first-order chi connectivity index (χ1) is 8.49. The van der Waals surface area contributed by atoms with E-state index in [9.17, 15) is 9.59 Å². The van der Waals surface area contributed by atoms with E-state index < -0.39 is 11.9 Å². The fourth-order valence-electron chi connectivity index (χ4n) is 1.53. The lowest BCUT2D eigenvalue weighted by Crippen LogP contribution is -1.99. The minimum atomic E-state index is -1.08. The Kier molecular flexibility index (Phi) is 3.36. The summed E-state index contributed by atoms with van der Waals surface area (Å²) in [7, 11) is 0. The predicted molar refractivity (Wildman–Crippen MR) is 68.7 cm³/mol. The van der Waals surface area contributed by atoms with Crippen molar-refractivity contribution in [3.05, 3.63) is 45.1 Å². The van der Waals surface area contributed by atoms with Crippen molar-refractivity contribution in [1.82, 2.24) is 0 Å². The maximum absolute atomic E-state index is 11.1. The highest BCUT2D eigenvalue weighted by atomic mass is 35.5. The molecule has 4 nitrogen and oxygen atoms in total. The van der Waals surface area contributed by atoms with Gasteiger partial charge in [0.2, 0.25) is 0 Å². The molecule has 0 spiro atoms. The van der Waals surface area contributed by atoms with Crippen LogP contribution >= 0.6 is 22.9 Å². The van der Waals surface area contributed by atoms with Gasteiger partial charge in [0.25, 0.3) is 0 Å². The van der Waals surface area contributed by atoms with Crippen molar-refractivity contribution in [2.45, 2.75) is 0 Å². The second kappa shape index (κ2) is 4.80. The van der Waals surface area contributed by atoms with Crippen LogP contribution in [0.1, 0.15) is 20.0 Å².